The van der Waals surface area contributed by atoms with Gasteiger partial charge < -0.3 is 14.5 Å². The number of carbonyl (C=O) groups is 2. The van der Waals surface area contributed by atoms with Gasteiger partial charge in [-0.3, -0.25) is 9.59 Å². The number of ether oxygens (including phenoxy) is 1. The van der Waals surface area contributed by atoms with Crippen LogP contribution in [0.4, 0.5) is 0 Å². The van der Waals surface area contributed by atoms with Gasteiger partial charge in [0.25, 0.3) is 5.91 Å². The monoisotopic (exact) mass is 409 g/mol. The molecule has 0 aliphatic heterocycles. The van der Waals surface area contributed by atoms with Crippen molar-refractivity contribution in [3.63, 3.8) is 0 Å². The van der Waals surface area contributed by atoms with Gasteiger partial charge in [0.15, 0.2) is 0 Å². The Kier molecular flexibility index (Phi) is 6.20. The van der Waals surface area contributed by atoms with Crippen LogP contribution in [-0.4, -0.2) is 25.0 Å². The van der Waals surface area contributed by atoms with E-state index in [1.807, 2.05) is 31.2 Å². The zero-order valence-electron chi connectivity index (χ0n) is 18.6. The SMILES string of the molecule is COC(=O)[C@H](c1ccc(C(C)(C)C)cc1)[C@H]1C=C[C@H](NC(=O)c2cc(C)oc2C)C1. The predicted molar refractivity (Wildman–Crippen MR) is 117 cm³/mol. The van der Waals surface area contributed by atoms with Crippen LogP contribution in [0.1, 0.15) is 66.1 Å². The van der Waals surface area contributed by atoms with E-state index in [1.54, 1.807) is 13.0 Å². The summed E-state index contributed by atoms with van der Waals surface area (Å²) < 4.78 is 10.6. The van der Waals surface area contributed by atoms with Gasteiger partial charge in [0, 0.05) is 6.04 Å². The van der Waals surface area contributed by atoms with E-state index in [4.69, 9.17) is 9.15 Å². The fraction of sp³-hybridized carbons (Fsp3) is 0.440. The molecule has 5 heteroatoms. The number of carbonyl (C=O) groups excluding carboxylic acids is 2. The first-order valence-corrected chi connectivity index (χ1v) is 10.3. The summed E-state index contributed by atoms with van der Waals surface area (Å²) >= 11 is 0. The Labute approximate surface area is 178 Å². The molecule has 1 heterocycles. The van der Waals surface area contributed by atoms with Gasteiger partial charge in [0.05, 0.1) is 18.6 Å². The Balaban J connectivity index is 1.74. The highest BCUT2D eigenvalue weighted by Gasteiger charge is 2.34. The summed E-state index contributed by atoms with van der Waals surface area (Å²) in [4.78, 5) is 25.2. The van der Waals surface area contributed by atoms with Crippen LogP contribution in [0.3, 0.4) is 0 Å². The highest BCUT2D eigenvalue weighted by molar-refractivity contribution is 5.95. The number of furan rings is 1. The van der Waals surface area contributed by atoms with Crippen molar-refractivity contribution in [2.75, 3.05) is 7.11 Å². The van der Waals surface area contributed by atoms with E-state index in [2.05, 4.69) is 38.2 Å². The molecular formula is C25H31NO4. The highest BCUT2D eigenvalue weighted by atomic mass is 16.5. The van der Waals surface area contributed by atoms with E-state index < -0.39 is 5.92 Å². The fourth-order valence-corrected chi connectivity index (χ4v) is 4.06. The largest absolute Gasteiger partial charge is 0.469 e. The van der Waals surface area contributed by atoms with Gasteiger partial charge in [-0.15, -0.1) is 0 Å². The summed E-state index contributed by atoms with van der Waals surface area (Å²) in [5, 5.41) is 3.03. The van der Waals surface area contributed by atoms with E-state index in [0.717, 1.165) is 5.56 Å². The number of amides is 1. The molecule has 30 heavy (non-hydrogen) atoms. The highest BCUT2D eigenvalue weighted by Crippen LogP contribution is 2.35. The van der Waals surface area contributed by atoms with Crippen LogP contribution in [0.25, 0.3) is 0 Å². The standard InChI is InChI=1S/C25H31NO4/c1-15-13-21(16(2)30-15)23(27)26-20-12-9-18(14-20)22(24(28)29-6)17-7-10-19(11-8-17)25(3,4)5/h7-13,18,20,22H,14H2,1-6H3,(H,26,27)/t18-,20-,22+/m0/s1. The second kappa shape index (κ2) is 8.50. The number of rotatable bonds is 5. The Morgan fingerprint density at radius 2 is 1.80 bits per heavy atom. The van der Waals surface area contributed by atoms with E-state index >= 15 is 0 Å². The van der Waals surface area contributed by atoms with Crippen molar-refractivity contribution >= 4 is 11.9 Å². The molecule has 0 saturated heterocycles. The first kappa shape index (κ1) is 21.9. The minimum Gasteiger partial charge on any atom is -0.469 e. The predicted octanol–water partition coefficient (Wildman–Crippen LogP) is 4.83. The van der Waals surface area contributed by atoms with Crippen molar-refractivity contribution in [1.82, 2.24) is 5.32 Å². The molecule has 1 N–H and O–H groups in total. The average molecular weight is 410 g/mol. The molecule has 0 saturated carbocycles. The zero-order valence-corrected chi connectivity index (χ0v) is 18.6. The number of esters is 1. The maximum atomic E-state index is 12.6. The third-order valence-corrected chi connectivity index (χ3v) is 5.74. The van der Waals surface area contributed by atoms with Crippen molar-refractivity contribution in [2.45, 2.75) is 58.4 Å². The number of methoxy groups -OCH3 is 1. The van der Waals surface area contributed by atoms with Crippen LogP contribution < -0.4 is 5.32 Å². The number of hydrogen-bond acceptors (Lipinski definition) is 4. The maximum absolute atomic E-state index is 12.6. The van der Waals surface area contributed by atoms with E-state index in [9.17, 15) is 9.59 Å². The quantitative estimate of drug-likeness (QED) is 0.568. The number of aryl methyl sites for hydroxylation is 2. The lowest BCUT2D eigenvalue weighted by molar-refractivity contribution is -0.143. The third kappa shape index (κ3) is 4.66. The third-order valence-electron chi connectivity index (χ3n) is 5.74. The molecule has 1 aliphatic carbocycles. The van der Waals surface area contributed by atoms with Crippen LogP contribution in [0, 0.1) is 19.8 Å². The van der Waals surface area contributed by atoms with E-state index in [0.29, 0.717) is 23.5 Å². The molecule has 1 aliphatic rings. The molecule has 0 radical (unpaired) electrons. The molecule has 2 aromatic rings. The van der Waals surface area contributed by atoms with Crippen LogP contribution in [0.2, 0.25) is 0 Å². The van der Waals surface area contributed by atoms with Crippen molar-refractivity contribution < 1.29 is 18.7 Å². The smallest absolute Gasteiger partial charge is 0.313 e. The first-order chi connectivity index (χ1) is 14.1. The van der Waals surface area contributed by atoms with E-state index in [-0.39, 0.29) is 29.3 Å². The lowest BCUT2D eigenvalue weighted by atomic mass is 9.82. The summed E-state index contributed by atoms with van der Waals surface area (Å²) in [5.41, 5.74) is 2.74. The Hall–Kier alpha value is -2.82. The van der Waals surface area contributed by atoms with Crippen molar-refractivity contribution in [3.8, 4) is 0 Å². The van der Waals surface area contributed by atoms with Gasteiger partial charge in [0.2, 0.25) is 0 Å². The normalized spacial score (nSPS) is 19.5. The lowest BCUT2D eigenvalue weighted by Crippen LogP contribution is -2.34. The fourth-order valence-electron chi connectivity index (χ4n) is 4.06. The van der Waals surface area contributed by atoms with Gasteiger partial charge in [-0.1, -0.05) is 57.2 Å². The van der Waals surface area contributed by atoms with Gasteiger partial charge >= 0.3 is 5.97 Å². The molecule has 1 aromatic carbocycles. The Morgan fingerprint density at radius 1 is 1.13 bits per heavy atom. The molecule has 3 atom stereocenters. The van der Waals surface area contributed by atoms with Gasteiger partial charge in [-0.25, -0.2) is 0 Å². The number of hydrogen-bond donors (Lipinski definition) is 1. The summed E-state index contributed by atoms with van der Waals surface area (Å²) in [6.07, 6.45) is 4.62. The van der Waals surface area contributed by atoms with Crippen molar-refractivity contribution in [1.29, 1.82) is 0 Å². The number of benzene rings is 1. The molecule has 3 rings (SSSR count). The second-order valence-electron chi connectivity index (χ2n) is 9.06. The van der Waals surface area contributed by atoms with Crippen molar-refractivity contribution in [2.24, 2.45) is 5.92 Å². The summed E-state index contributed by atoms with van der Waals surface area (Å²) in [7, 11) is 1.42. The van der Waals surface area contributed by atoms with Crippen LogP contribution in [0.5, 0.6) is 0 Å². The summed E-state index contributed by atoms with van der Waals surface area (Å²) in [6, 6.07) is 9.78. The molecule has 160 valence electrons. The summed E-state index contributed by atoms with van der Waals surface area (Å²) in [5.74, 6) is 0.442. The molecule has 1 aromatic heterocycles. The topological polar surface area (TPSA) is 68.5 Å². The molecule has 5 nitrogen and oxygen atoms in total. The maximum Gasteiger partial charge on any atom is 0.313 e. The lowest BCUT2D eigenvalue weighted by Gasteiger charge is -2.24. The summed E-state index contributed by atoms with van der Waals surface area (Å²) in [6.45, 7) is 10.1. The minimum atomic E-state index is -0.403. The average Bonchev–Trinajstić information content (AvgIpc) is 3.27. The molecule has 1 amide bonds. The number of nitrogens with one attached hydrogen (secondary N) is 1. The molecule has 0 unspecified atom stereocenters. The first-order valence-electron chi connectivity index (χ1n) is 10.3. The minimum absolute atomic E-state index is 0.0459. The molecule has 0 bridgehead atoms. The molecule has 0 spiro atoms. The molecular weight excluding hydrogens is 378 g/mol. The number of allylic oxidation sites excluding steroid dienone is 1. The van der Waals surface area contributed by atoms with Gasteiger partial charge in [0.1, 0.15) is 11.5 Å². The van der Waals surface area contributed by atoms with Crippen LogP contribution in [0.15, 0.2) is 46.9 Å². The zero-order chi connectivity index (χ0) is 22.1. The molecule has 0 fully saturated rings. The van der Waals surface area contributed by atoms with Gasteiger partial charge in [-0.05, 0) is 48.8 Å². The Morgan fingerprint density at radius 3 is 2.33 bits per heavy atom. The van der Waals surface area contributed by atoms with Gasteiger partial charge in [-0.2, -0.15) is 0 Å². The van der Waals surface area contributed by atoms with Crippen LogP contribution in [-0.2, 0) is 14.9 Å². The van der Waals surface area contributed by atoms with Crippen molar-refractivity contribution in [3.05, 3.63) is 70.7 Å². The second-order valence-corrected chi connectivity index (χ2v) is 9.06. The van der Waals surface area contributed by atoms with E-state index in [1.165, 1.54) is 12.7 Å². The Bertz CT molecular complexity index is 947. The van der Waals surface area contributed by atoms with Crippen LogP contribution >= 0.6 is 0 Å².